The molecule has 1 aliphatic heterocycles. The van der Waals surface area contributed by atoms with Crippen molar-refractivity contribution in [3.8, 4) is 16.9 Å². The van der Waals surface area contributed by atoms with Gasteiger partial charge in [-0.1, -0.05) is 24.3 Å². The average Bonchev–Trinajstić information content (AvgIpc) is 2.87. The van der Waals surface area contributed by atoms with Crippen LogP contribution in [0.4, 0.5) is 20.4 Å². The molecular formula is C26H29F2N5O3. The van der Waals surface area contributed by atoms with Gasteiger partial charge >= 0.3 is 6.61 Å². The van der Waals surface area contributed by atoms with Gasteiger partial charge in [0.1, 0.15) is 5.75 Å². The molecule has 2 atom stereocenters. The summed E-state index contributed by atoms with van der Waals surface area (Å²) in [6.45, 7) is -0.0333. The molecule has 10 heteroatoms. The predicted molar refractivity (Wildman–Crippen MR) is 133 cm³/mol. The second kappa shape index (κ2) is 11.3. The average molecular weight is 498 g/mol. The number of carbonyl (C=O) groups excluding carboxylic acids is 1. The van der Waals surface area contributed by atoms with Gasteiger partial charge in [0.15, 0.2) is 0 Å². The van der Waals surface area contributed by atoms with Crippen LogP contribution in [0.2, 0.25) is 0 Å². The minimum absolute atomic E-state index is 0.0705. The van der Waals surface area contributed by atoms with Gasteiger partial charge in [-0.05, 0) is 43.5 Å². The number of amides is 1. The molecule has 2 heterocycles. The van der Waals surface area contributed by atoms with Gasteiger partial charge in [0.2, 0.25) is 5.95 Å². The van der Waals surface area contributed by atoms with E-state index >= 15 is 0 Å². The van der Waals surface area contributed by atoms with Crippen LogP contribution in [0.1, 0.15) is 35.7 Å². The third kappa shape index (κ3) is 5.88. The lowest BCUT2D eigenvalue weighted by molar-refractivity contribution is -0.0504. The zero-order valence-corrected chi connectivity index (χ0v) is 20.1. The number of hydrogen-bond donors (Lipinski definition) is 3. The number of rotatable bonds is 8. The van der Waals surface area contributed by atoms with Crippen LogP contribution < -0.4 is 20.3 Å². The highest BCUT2D eigenvalue weighted by Gasteiger charge is 2.25. The lowest BCUT2D eigenvalue weighted by Gasteiger charge is -2.35. The van der Waals surface area contributed by atoms with E-state index in [2.05, 4.69) is 30.2 Å². The van der Waals surface area contributed by atoms with Gasteiger partial charge in [0, 0.05) is 55.4 Å². The number of anilines is 2. The van der Waals surface area contributed by atoms with Crippen molar-refractivity contribution < 1.29 is 23.4 Å². The molecule has 8 nitrogen and oxygen atoms in total. The molecular weight excluding hydrogens is 468 g/mol. The monoisotopic (exact) mass is 497 g/mol. The fourth-order valence-corrected chi connectivity index (χ4v) is 4.32. The highest BCUT2D eigenvalue weighted by Crippen LogP contribution is 2.29. The Morgan fingerprint density at radius 3 is 2.64 bits per heavy atom. The highest BCUT2D eigenvalue weighted by atomic mass is 19.3. The van der Waals surface area contributed by atoms with Crippen molar-refractivity contribution in [1.82, 2.24) is 15.3 Å². The molecule has 3 N–H and O–H groups in total. The highest BCUT2D eigenvalue weighted by molar-refractivity contribution is 6.00. The third-order valence-corrected chi connectivity index (χ3v) is 6.23. The first kappa shape index (κ1) is 25.3. The summed E-state index contributed by atoms with van der Waals surface area (Å²) in [6.07, 6.45) is 4.51. The topological polar surface area (TPSA) is 99.6 Å². The number of para-hydroxylation sites is 1. The first-order valence-electron chi connectivity index (χ1n) is 11.8. The number of benzene rings is 2. The van der Waals surface area contributed by atoms with Crippen LogP contribution in [0.3, 0.4) is 0 Å². The Kier molecular flexibility index (Phi) is 7.94. The van der Waals surface area contributed by atoms with E-state index in [1.807, 2.05) is 13.0 Å². The quantitative estimate of drug-likeness (QED) is 0.432. The normalized spacial score (nSPS) is 17.7. The summed E-state index contributed by atoms with van der Waals surface area (Å²) in [6, 6.07) is 12.0. The molecule has 1 saturated heterocycles. The summed E-state index contributed by atoms with van der Waals surface area (Å²) in [7, 11) is 1.54. The molecule has 1 unspecified atom stereocenters. The van der Waals surface area contributed by atoms with E-state index in [4.69, 9.17) is 0 Å². The van der Waals surface area contributed by atoms with Gasteiger partial charge in [-0.2, -0.15) is 8.78 Å². The number of nitrogens with one attached hydrogen (secondary N) is 2. The van der Waals surface area contributed by atoms with Crippen molar-refractivity contribution in [3.05, 3.63) is 66.0 Å². The number of aliphatic hydroxyl groups is 1. The molecule has 3 aromatic rings. The maximum Gasteiger partial charge on any atom is 0.387 e. The largest absolute Gasteiger partial charge is 0.434 e. The smallest absolute Gasteiger partial charge is 0.387 e. The second-order valence-corrected chi connectivity index (χ2v) is 8.67. The van der Waals surface area contributed by atoms with Crippen molar-refractivity contribution in [1.29, 1.82) is 0 Å². The number of piperidine rings is 1. The van der Waals surface area contributed by atoms with Crippen molar-refractivity contribution >= 4 is 17.5 Å². The number of halogens is 2. The van der Waals surface area contributed by atoms with Gasteiger partial charge in [-0.15, -0.1) is 0 Å². The summed E-state index contributed by atoms with van der Waals surface area (Å²) in [5, 5.41) is 15.7. The molecule has 1 aliphatic rings. The number of carbonyl (C=O) groups is 1. The number of ether oxygens (including phenoxy) is 1. The van der Waals surface area contributed by atoms with E-state index in [0.29, 0.717) is 42.1 Å². The second-order valence-electron chi connectivity index (χ2n) is 8.67. The third-order valence-electron chi connectivity index (χ3n) is 6.23. The van der Waals surface area contributed by atoms with E-state index in [0.717, 1.165) is 11.1 Å². The van der Waals surface area contributed by atoms with Crippen molar-refractivity contribution in [3.63, 3.8) is 0 Å². The van der Waals surface area contributed by atoms with E-state index in [1.54, 1.807) is 49.8 Å². The molecule has 1 aromatic heterocycles. The number of nitrogens with zero attached hydrogens (tertiary/aromatic N) is 3. The van der Waals surface area contributed by atoms with Gasteiger partial charge in [-0.25, -0.2) is 9.97 Å². The maximum atomic E-state index is 12.8. The number of alkyl halides is 2. The van der Waals surface area contributed by atoms with E-state index in [-0.39, 0.29) is 30.3 Å². The van der Waals surface area contributed by atoms with E-state index in [9.17, 15) is 18.7 Å². The molecule has 0 radical (unpaired) electrons. The summed E-state index contributed by atoms with van der Waals surface area (Å²) in [4.78, 5) is 23.6. The molecule has 0 saturated carbocycles. The summed E-state index contributed by atoms with van der Waals surface area (Å²) in [5.74, 6) is 0.393. The summed E-state index contributed by atoms with van der Waals surface area (Å²) in [5.41, 5.74) is 3.01. The predicted octanol–water partition coefficient (Wildman–Crippen LogP) is 4.07. The number of hydrogen-bond acceptors (Lipinski definition) is 7. The van der Waals surface area contributed by atoms with Crippen LogP contribution in [0.25, 0.3) is 11.1 Å². The van der Waals surface area contributed by atoms with Crippen LogP contribution in [-0.2, 0) is 6.54 Å². The van der Waals surface area contributed by atoms with Crippen molar-refractivity contribution in [2.75, 3.05) is 23.8 Å². The molecule has 2 aromatic carbocycles. The molecule has 36 heavy (non-hydrogen) atoms. The van der Waals surface area contributed by atoms with Gasteiger partial charge < -0.3 is 25.4 Å². The van der Waals surface area contributed by atoms with Crippen LogP contribution in [0.15, 0.2) is 54.9 Å². The van der Waals surface area contributed by atoms with Crippen molar-refractivity contribution in [2.24, 2.45) is 0 Å². The molecule has 1 amide bonds. The fourth-order valence-electron chi connectivity index (χ4n) is 4.32. The lowest BCUT2D eigenvalue weighted by atomic mass is 10.0. The first-order valence-corrected chi connectivity index (χ1v) is 11.8. The Bertz CT molecular complexity index is 1190. The standard InChI is InChI=1S/C26H29F2N5O3/c1-16-11-20(34)9-10-33(16)26-31-14-19(15-32-26)17-7-8-21(24(35)29-2)22(12-17)30-13-18-5-3-4-6-23(18)36-25(27)28/h3-8,12,14-16,20,25,30,34H,9-11,13H2,1-2H3,(H,29,35)/t16?,20-/m0/s1. The van der Waals surface area contributed by atoms with Crippen LogP contribution >= 0.6 is 0 Å². The minimum Gasteiger partial charge on any atom is -0.434 e. The Morgan fingerprint density at radius 2 is 1.94 bits per heavy atom. The molecule has 4 rings (SSSR count). The van der Waals surface area contributed by atoms with Gasteiger partial charge in [0.05, 0.1) is 11.7 Å². The molecule has 0 spiro atoms. The lowest BCUT2D eigenvalue weighted by Crippen LogP contribution is -2.43. The minimum atomic E-state index is -2.93. The van der Waals surface area contributed by atoms with E-state index in [1.165, 1.54) is 6.07 Å². The van der Waals surface area contributed by atoms with Crippen molar-refractivity contribution in [2.45, 2.75) is 45.1 Å². The zero-order chi connectivity index (χ0) is 25.7. The Labute approximate surface area is 208 Å². The fraction of sp³-hybridized carbons (Fsp3) is 0.346. The van der Waals surface area contributed by atoms with Gasteiger partial charge in [-0.3, -0.25) is 4.79 Å². The Hall–Kier alpha value is -3.79. The number of aromatic nitrogens is 2. The Balaban J connectivity index is 1.57. The molecule has 0 aliphatic carbocycles. The van der Waals surface area contributed by atoms with Crippen LogP contribution in [0, 0.1) is 0 Å². The summed E-state index contributed by atoms with van der Waals surface area (Å²) < 4.78 is 30.2. The Morgan fingerprint density at radius 1 is 1.19 bits per heavy atom. The molecule has 1 fully saturated rings. The van der Waals surface area contributed by atoms with Crippen LogP contribution in [0.5, 0.6) is 5.75 Å². The van der Waals surface area contributed by atoms with Gasteiger partial charge in [0.25, 0.3) is 5.91 Å². The zero-order valence-electron chi connectivity index (χ0n) is 20.1. The SMILES string of the molecule is CNC(=O)c1ccc(-c2cnc(N3CC[C@H](O)CC3C)nc2)cc1NCc1ccccc1OC(F)F. The molecule has 0 bridgehead atoms. The first-order chi connectivity index (χ1) is 17.4. The maximum absolute atomic E-state index is 12.8. The number of aliphatic hydroxyl groups excluding tert-OH is 1. The summed E-state index contributed by atoms with van der Waals surface area (Å²) >= 11 is 0. The molecule has 190 valence electrons. The van der Waals surface area contributed by atoms with Crippen LogP contribution in [-0.4, -0.2) is 53.3 Å². The van der Waals surface area contributed by atoms with E-state index < -0.39 is 6.61 Å².